The molecule has 2 aromatic heterocycles. The zero-order valence-electron chi connectivity index (χ0n) is 13.5. The van der Waals surface area contributed by atoms with Crippen molar-refractivity contribution in [2.75, 3.05) is 5.32 Å². The Morgan fingerprint density at radius 1 is 0.958 bits per heavy atom. The number of pyridine rings is 1. The largest absolute Gasteiger partial charge is 0.482 e. The van der Waals surface area contributed by atoms with Crippen LogP contribution < -0.4 is 5.32 Å². The molecule has 0 saturated carbocycles. The van der Waals surface area contributed by atoms with Crippen molar-refractivity contribution >= 4 is 33.3 Å². The Hall–Kier alpha value is -1.91. The minimum atomic E-state index is 0. The Bertz CT molecular complexity index is 962. The van der Waals surface area contributed by atoms with Gasteiger partial charge < -0.3 is 28.4 Å². The molecule has 2 heterocycles. The van der Waals surface area contributed by atoms with Gasteiger partial charge in [-0.25, -0.2) is 0 Å². The average Bonchev–Trinajstić information content (AvgIpc) is 3.01. The predicted molar refractivity (Wildman–Crippen MR) is 97.8 cm³/mol. The molecule has 24 heavy (non-hydrogen) atoms. The molecule has 0 aliphatic rings. The van der Waals surface area contributed by atoms with Gasteiger partial charge in [0, 0.05) is 67.4 Å². The number of rotatable bonds is 3. The number of anilines is 1. The minimum Gasteiger partial charge on any atom is -0.482 e. The third-order valence-corrected chi connectivity index (χ3v) is 3.89. The van der Waals surface area contributed by atoms with Crippen LogP contribution in [0, 0.1) is 7.43 Å². The van der Waals surface area contributed by atoms with E-state index in [2.05, 4.69) is 39.6 Å². The molecule has 0 spiro atoms. The van der Waals surface area contributed by atoms with Crippen LogP contribution in [0.3, 0.4) is 0 Å². The first kappa shape index (κ1) is 18.4. The van der Waals surface area contributed by atoms with Crippen molar-refractivity contribution in [2.45, 2.75) is 6.54 Å². The molecule has 0 aliphatic carbocycles. The molecule has 1 radical (unpaired) electrons. The zero-order valence-corrected chi connectivity index (χ0v) is 16.3. The second-order valence-corrected chi connectivity index (χ2v) is 5.28. The number of nitrogens with zero attached hydrogens (tertiary/aromatic N) is 1. The van der Waals surface area contributed by atoms with Crippen LogP contribution in [0.25, 0.3) is 27.5 Å². The summed E-state index contributed by atoms with van der Waals surface area (Å²) in [5, 5.41) is 5.77. The van der Waals surface area contributed by atoms with E-state index in [4.69, 9.17) is 5.73 Å². The predicted octanol–water partition coefficient (Wildman–Crippen LogP) is 5.46. The van der Waals surface area contributed by atoms with E-state index in [9.17, 15) is 0 Å². The molecule has 4 nitrogen and oxygen atoms in total. The van der Waals surface area contributed by atoms with Gasteiger partial charge in [0.2, 0.25) is 0 Å². The first-order valence-corrected chi connectivity index (χ1v) is 7.21. The van der Waals surface area contributed by atoms with Crippen LogP contribution in [0.1, 0.15) is 5.56 Å². The molecule has 0 aliphatic heterocycles. The summed E-state index contributed by atoms with van der Waals surface area (Å²) in [7, 11) is 0. The minimum absolute atomic E-state index is 0. The van der Waals surface area contributed by atoms with Gasteiger partial charge in [0.05, 0.1) is 0 Å². The molecule has 0 bridgehead atoms. The smallest absolute Gasteiger partial charge is 0.0457 e. The number of H-pyrrole nitrogens is 1. The van der Waals surface area contributed by atoms with Gasteiger partial charge in [-0.15, -0.1) is 0 Å². The topological polar surface area (TPSA) is 64.5 Å². The monoisotopic (exact) mass is 391 g/mol. The Labute approximate surface area is 166 Å². The quantitative estimate of drug-likeness (QED) is 0.456. The zero-order chi connectivity index (χ0) is 14.9. The van der Waals surface area contributed by atoms with Gasteiger partial charge in [-0.1, -0.05) is 42.2 Å². The van der Waals surface area contributed by atoms with Crippen molar-refractivity contribution in [2.24, 2.45) is 0 Å². The van der Waals surface area contributed by atoms with E-state index in [1.165, 1.54) is 10.9 Å². The number of fused-ring (bicyclic) bond motifs is 2. The van der Waals surface area contributed by atoms with Crippen LogP contribution in [-0.4, -0.2) is 9.97 Å². The maximum absolute atomic E-state index is 7.62. The first-order chi connectivity index (χ1) is 10.8. The van der Waals surface area contributed by atoms with Crippen LogP contribution in [0.15, 0.2) is 60.8 Å². The SMILES string of the molecule is [CH3-].[NH-]c1ccc2c(NCc3cccc4[nH]ccc34)cccc2n1.[Y]. The van der Waals surface area contributed by atoms with Gasteiger partial charge in [-0.05, 0) is 29.3 Å². The number of nitrogens with one attached hydrogen (secondary N) is 3. The normalized spacial score (nSPS) is 10.2. The molecule has 0 amide bonds. The van der Waals surface area contributed by atoms with Crippen LogP contribution in [-0.2, 0) is 39.3 Å². The summed E-state index contributed by atoms with van der Waals surface area (Å²) >= 11 is 0. The Balaban J connectivity index is 0.00000104. The van der Waals surface area contributed by atoms with Crippen molar-refractivity contribution in [1.82, 2.24) is 9.97 Å². The molecule has 0 fully saturated rings. The maximum atomic E-state index is 7.62. The third-order valence-electron chi connectivity index (χ3n) is 3.89. The van der Waals surface area contributed by atoms with E-state index >= 15 is 0 Å². The summed E-state index contributed by atoms with van der Waals surface area (Å²) in [6.07, 6.45) is 1.96. The van der Waals surface area contributed by atoms with E-state index < -0.39 is 0 Å². The van der Waals surface area contributed by atoms with Crippen molar-refractivity contribution in [3.8, 4) is 0 Å². The Morgan fingerprint density at radius 2 is 1.79 bits per heavy atom. The number of hydrogen-bond donors (Lipinski definition) is 2. The molecule has 0 saturated heterocycles. The third kappa shape index (κ3) is 3.45. The van der Waals surface area contributed by atoms with E-state index in [0.717, 1.165) is 28.7 Å². The summed E-state index contributed by atoms with van der Waals surface area (Å²) in [4.78, 5) is 7.49. The molecule has 4 aromatic rings. The summed E-state index contributed by atoms with van der Waals surface area (Å²) in [5.41, 5.74) is 11.9. The average molecular weight is 391 g/mol. The molecular weight excluding hydrogens is 373 g/mol. The van der Waals surface area contributed by atoms with E-state index in [1.807, 2.05) is 30.5 Å². The van der Waals surface area contributed by atoms with Crippen molar-refractivity contribution in [3.05, 3.63) is 79.5 Å². The first-order valence-electron chi connectivity index (χ1n) is 7.21. The fourth-order valence-corrected chi connectivity index (χ4v) is 2.80. The molecule has 3 N–H and O–H groups in total. The fraction of sp³-hybridized carbons (Fsp3) is 0.0526. The van der Waals surface area contributed by atoms with Crippen LogP contribution in [0.4, 0.5) is 11.5 Å². The summed E-state index contributed by atoms with van der Waals surface area (Å²) in [5.74, 6) is 0.293. The number of benzene rings is 2. The van der Waals surface area contributed by atoms with Crippen molar-refractivity contribution < 1.29 is 32.7 Å². The number of hydrogen-bond acceptors (Lipinski definition) is 2. The summed E-state index contributed by atoms with van der Waals surface area (Å²) < 4.78 is 0. The second-order valence-electron chi connectivity index (χ2n) is 5.28. The van der Waals surface area contributed by atoms with Crippen molar-refractivity contribution in [1.29, 1.82) is 0 Å². The van der Waals surface area contributed by atoms with Gasteiger partial charge in [0.1, 0.15) is 0 Å². The number of aromatic amines is 1. The molecular formula is C19H18N4Y-2. The Kier molecular flexibility index (Phi) is 5.97. The molecule has 4 rings (SSSR count). The van der Waals surface area contributed by atoms with E-state index in [1.54, 1.807) is 6.07 Å². The van der Waals surface area contributed by atoms with Crippen LogP contribution in [0.5, 0.6) is 0 Å². The molecule has 0 atom stereocenters. The maximum Gasteiger partial charge on any atom is 0.0457 e. The molecule has 5 heteroatoms. The second kappa shape index (κ2) is 7.78. The van der Waals surface area contributed by atoms with Crippen molar-refractivity contribution in [3.63, 3.8) is 0 Å². The summed E-state index contributed by atoms with van der Waals surface area (Å²) in [6.45, 7) is 0.747. The molecule has 0 unspecified atom stereocenters. The summed E-state index contributed by atoms with van der Waals surface area (Å²) in [6, 6.07) is 18.0. The van der Waals surface area contributed by atoms with Gasteiger partial charge in [-0.2, -0.15) is 0 Å². The standard InChI is InChI=1S/C18H15N4.CH3.Y/c19-18-8-7-14-16(5-2-6-17(14)22-18)21-11-12-3-1-4-15-13(12)9-10-20-15;;/h1-10,20-21H,11H2,(H-,19,22);1H3;/q2*-1;. The van der Waals surface area contributed by atoms with E-state index in [-0.39, 0.29) is 40.1 Å². The van der Waals surface area contributed by atoms with Crippen LogP contribution in [0.2, 0.25) is 0 Å². The Morgan fingerprint density at radius 3 is 2.67 bits per heavy atom. The van der Waals surface area contributed by atoms with Gasteiger partial charge in [0.15, 0.2) is 0 Å². The molecule has 2 aromatic carbocycles. The van der Waals surface area contributed by atoms with Gasteiger partial charge in [-0.3, -0.25) is 0 Å². The van der Waals surface area contributed by atoms with Crippen LogP contribution >= 0.6 is 0 Å². The number of aromatic nitrogens is 2. The van der Waals surface area contributed by atoms with Gasteiger partial charge in [0.25, 0.3) is 0 Å². The molecule has 119 valence electrons. The van der Waals surface area contributed by atoms with E-state index in [0.29, 0.717) is 5.82 Å². The fourth-order valence-electron chi connectivity index (χ4n) is 2.80. The van der Waals surface area contributed by atoms with Gasteiger partial charge >= 0.3 is 0 Å².